The Morgan fingerprint density at radius 3 is 2.13 bits per heavy atom. The molecule has 1 atom stereocenters. The normalized spacial score (nSPS) is 12.6. The zero-order chi connectivity index (χ0) is 17.0. The van der Waals surface area contributed by atoms with Gasteiger partial charge in [-0.1, -0.05) is 32.9 Å². The molecule has 0 aliphatic rings. The summed E-state index contributed by atoms with van der Waals surface area (Å²) in [5.41, 5.74) is 2.11. The first-order valence-electron chi connectivity index (χ1n) is 7.59. The Balaban J connectivity index is 1.96. The van der Waals surface area contributed by atoms with Gasteiger partial charge in [-0.2, -0.15) is 0 Å². The Morgan fingerprint density at radius 2 is 1.61 bits per heavy atom. The van der Waals surface area contributed by atoms with Gasteiger partial charge in [0.2, 0.25) is 0 Å². The zero-order valence-corrected chi connectivity index (χ0v) is 16.0. The molecule has 23 heavy (non-hydrogen) atoms. The molecule has 2 aromatic rings. The number of nitrogens with one attached hydrogen (secondary N) is 1. The second-order valence-electron chi connectivity index (χ2n) is 6.53. The summed E-state index contributed by atoms with van der Waals surface area (Å²) in [5, 5.41) is 2.86. The SMILES string of the molecule is C[C@H](Oc1ccc(C(C)(C)C)cc1)C(=O)Nc1ccc(I)cc1. The molecule has 0 bridgehead atoms. The van der Waals surface area contributed by atoms with E-state index >= 15 is 0 Å². The lowest BCUT2D eigenvalue weighted by Crippen LogP contribution is -2.30. The van der Waals surface area contributed by atoms with Crippen molar-refractivity contribution in [3.63, 3.8) is 0 Å². The number of ether oxygens (including phenoxy) is 1. The van der Waals surface area contributed by atoms with Gasteiger partial charge >= 0.3 is 0 Å². The molecule has 0 heterocycles. The van der Waals surface area contributed by atoms with Crippen molar-refractivity contribution >= 4 is 34.2 Å². The monoisotopic (exact) mass is 423 g/mol. The molecule has 3 nitrogen and oxygen atoms in total. The predicted octanol–water partition coefficient (Wildman–Crippen LogP) is 4.99. The van der Waals surface area contributed by atoms with Crippen molar-refractivity contribution < 1.29 is 9.53 Å². The van der Waals surface area contributed by atoms with Crippen LogP contribution in [-0.2, 0) is 10.2 Å². The molecule has 0 saturated heterocycles. The largest absolute Gasteiger partial charge is 0.481 e. The van der Waals surface area contributed by atoms with Crippen molar-refractivity contribution in [1.29, 1.82) is 0 Å². The first-order valence-corrected chi connectivity index (χ1v) is 8.67. The molecule has 2 rings (SSSR count). The summed E-state index contributed by atoms with van der Waals surface area (Å²) < 4.78 is 6.85. The van der Waals surface area contributed by atoms with Gasteiger partial charge in [0.05, 0.1) is 0 Å². The third-order valence-corrected chi connectivity index (χ3v) is 4.23. The second-order valence-corrected chi connectivity index (χ2v) is 7.78. The van der Waals surface area contributed by atoms with Crippen molar-refractivity contribution in [3.8, 4) is 5.75 Å². The highest BCUT2D eigenvalue weighted by atomic mass is 127. The van der Waals surface area contributed by atoms with Crippen LogP contribution in [-0.4, -0.2) is 12.0 Å². The first kappa shape index (κ1) is 17.8. The van der Waals surface area contributed by atoms with Gasteiger partial charge in [-0.05, 0) is 76.9 Å². The Morgan fingerprint density at radius 1 is 1.04 bits per heavy atom. The molecular weight excluding hydrogens is 401 g/mol. The van der Waals surface area contributed by atoms with Crippen molar-refractivity contribution in [2.24, 2.45) is 0 Å². The third-order valence-electron chi connectivity index (χ3n) is 3.51. The van der Waals surface area contributed by atoms with Crippen LogP contribution < -0.4 is 10.1 Å². The molecule has 0 radical (unpaired) electrons. The van der Waals surface area contributed by atoms with E-state index in [0.717, 1.165) is 9.26 Å². The van der Waals surface area contributed by atoms with Gasteiger partial charge in [-0.25, -0.2) is 0 Å². The van der Waals surface area contributed by atoms with Gasteiger partial charge in [0, 0.05) is 9.26 Å². The fraction of sp³-hybridized carbons (Fsp3) is 0.316. The molecule has 0 fully saturated rings. The van der Waals surface area contributed by atoms with E-state index in [9.17, 15) is 4.79 Å². The number of carbonyl (C=O) groups is 1. The molecule has 0 aliphatic carbocycles. The van der Waals surface area contributed by atoms with Crippen LogP contribution in [0.15, 0.2) is 48.5 Å². The first-order chi connectivity index (χ1) is 10.8. The predicted molar refractivity (Wildman–Crippen MR) is 103 cm³/mol. The minimum absolute atomic E-state index is 0.104. The maximum atomic E-state index is 12.2. The molecule has 0 saturated carbocycles. The van der Waals surface area contributed by atoms with Crippen molar-refractivity contribution in [2.75, 3.05) is 5.32 Å². The maximum Gasteiger partial charge on any atom is 0.265 e. The van der Waals surface area contributed by atoms with E-state index in [-0.39, 0.29) is 11.3 Å². The Bertz CT molecular complexity index is 657. The summed E-state index contributed by atoms with van der Waals surface area (Å²) in [7, 11) is 0. The van der Waals surface area contributed by atoms with E-state index in [1.807, 2.05) is 48.5 Å². The van der Waals surface area contributed by atoms with E-state index in [1.54, 1.807) is 6.92 Å². The van der Waals surface area contributed by atoms with Crippen LogP contribution >= 0.6 is 22.6 Å². The van der Waals surface area contributed by atoms with E-state index in [4.69, 9.17) is 4.74 Å². The number of amides is 1. The van der Waals surface area contributed by atoms with Gasteiger partial charge in [-0.3, -0.25) is 4.79 Å². The third kappa shape index (κ3) is 5.23. The Kier molecular flexibility index (Phi) is 5.68. The van der Waals surface area contributed by atoms with Crippen LogP contribution in [0.3, 0.4) is 0 Å². The minimum Gasteiger partial charge on any atom is -0.481 e. The smallest absolute Gasteiger partial charge is 0.265 e. The van der Waals surface area contributed by atoms with E-state index in [1.165, 1.54) is 5.56 Å². The highest BCUT2D eigenvalue weighted by Gasteiger charge is 2.16. The van der Waals surface area contributed by atoms with Crippen molar-refractivity contribution in [1.82, 2.24) is 0 Å². The number of hydrogen-bond donors (Lipinski definition) is 1. The average molecular weight is 423 g/mol. The standard InChI is InChI=1S/C19H22INO2/c1-13(18(22)21-16-9-7-15(20)8-10-16)23-17-11-5-14(6-12-17)19(2,3)4/h5-13H,1-4H3,(H,21,22)/t13-/m0/s1. The van der Waals surface area contributed by atoms with Crippen molar-refractivity contribution in [3.05, 3.63) is 57.7 Å². The molecule has 0 aromatic heterocycles. The number of rotatable bonds is 4. The average Bonchev–Trinajstić information content (AvgIpc) is 2.49. The molecule has 0 aliphatic heterocycles. The minimum atomic E-state index is -0.560. The number of hydrogen-bond acceptors (Lipinski definition) is 2. The highest BCUT2D eigenvalue weighted by Crippen LogP contribution is 2.24. The molecular formula is C19H22INO2. The summed E-state index contributed by atoms with van der Waals surface area (Å²) in [6.07, 6.45) is -0.560. The summed E-state index contributed by atoms with van der Waals surface area (Å²) in [5.74, 6) is 0.536. The van der Waals surface area contributed by atoms with Gasteiger partial charge in [0.25, 0.3) is 5.91 Å². The van der Waals surface area contributed by atoms with Crippen LogP contribution in [0.25, 0.3) is 0 Å². The van der Waals surface area contributed by atoms with Crippen LogP contribution in [0, 0.1) is 3.57 Å². The molecule has 2 aromatic carbocycles. The lowest BCUT2D eigenvalue weighted by atomic mass is 9.87. The van der Waals surface area contributed by atoms with Crippen LogP contribution in [0.5, 0.6) is 5.75 Å². The molecule has 1 N–H and O–H groups in total. The lowest BCUT2D eigenvalue weighted by Gasteiger charge is -2.20. The van der Waals surface area contributed by atoms with E-state index < -0.39 is 6.10 Å². The van der Waals surface area contributed by atoms with Crippen LogP contribution in [0.4, 0.5) is 5.69 Å². The lowest BCUT2D eigenvalue weighted by molar-refractivity contribution is -0.122. The van der Waals surface area contributed by atoms with Gasteiger partial charge in [0.15, 0.2) is 6.10 Å². The number of carbonyl (C=O) groups excluding carboxylic acids is 1. The Hall–Kier alpha value is -1.56. The summed E-state index contributed by atoms with van der Waals surface area (Å²) in [6.45, 7) is 8.25. The highest BCUT2D eigenvalue weighted by molar-refractivity contribution is 14.1. The summed E-state index contributed by atoms with van der Waals surface area (Å²) in [6, 6.07) is 15.6. The zero-order valence-electron chi connectivity index (χ0n) is 13.9. The van der Waals surface area contributed by atoms with E-state index in [2.05, 4.69) is 48.7 Å². The Labute approximate surface area is 151 Å². The quantitative estimate of drug-likeness (QED) is 0.704. The van der Waals surface area contributed by atoms with Gasteiger partial charge in [0.1, 0.15) is 5.75 Å². The molecule has 0 unspecified atom stereocenters. The number of benzene rings is 2. The molecule has 4 heteroatoms. The second kappa shape index (κ2) is 7.34. The summed E-state index contributed by atoms with van der Waals surface area (Å²) >= 11 is 2.23. The molecule has 122 valence electrons. The van der Waals surface area contributed by atoms with Crippen LogP contribution in [0.1, 0.15) is 33.3 Å². The van der Waals surface area contributed by atoms with Crippen molar-refractivity contribution in [2.45, 2.75) is 39.2 Å². The van der Waals surface area contributed by atoms with E-state index in [0.29, 0.717) is 5.75 Å². The maximum absolute atomic E-state index is 12.2. The molecule has 0 spiro atoms. The van der Waals surface area contributed by atoms with Gasteiger partial charge in [-0.15, -0.1) is 0 Å². The fourth-order valence-corrected chi connectivity index (χ4v) is 2.43. The molecule has 1 amide bonds. The van der Waals surface area contributed by atoms with Gasteiger partial charge < -0.3 is 10.1 Å². The number of anilines is 1. The summed E-state index contributed by atoms with van der Waals surface area (Å²) in [4.78, 5) is 12.2. The van der Waals surface area contributed by atoms with Crippen LogP contribution in [0.2, 0.25) is 0 Å². The topological polar surface area (TPSA) is 38.3 Å². The number of halogens is 1. The fourth-order valence-electron chi connectivity index (χ4n) is 2.07.